The van der Waals surface area contributed by atoms with Gasteiger partial charge in [-0.2, -0.15) is 9.64 Å². The van der Waals surface area contributed by atoms with Gasteiger partial charge in [0.2, 0.25) is 0 Å². The van der Waals surface area contributed by atoms with Crippen LogP contribution in [0.25, 0.3) is 0 Å². The lowest BCUT2D eigenvalue weighted by Crippen LogP contribution is -2.36. The maximum absolute atomic E-state index is 9.27. The Morgan fingerprint density at radius 1 is 1.60 bits per heavy atom. The van der Waals surface area contributed by atoms with Crippen molar-refractivity contribution in [3.05, 3.63) is 34.9 Å². The van der Waals surface area contributed by atoms with Crippen LogP contribution in [-0.2, 0) is 0 Å². The van der Waals surface area contributed by atoms with Gasteiger partial charge in [-0.3, -0.25) is 0 Å². The van der Waals surface area contributed by atoms with Crippen molar-refractivity contribution in [1.82, 2.24) is 4.37 Å². The van der Waals surface area contributed by atoms with Gasteiger partial charge >= 0.3 is 0 Å². The van der Waals surface area contributed by atoms with Gasteiger partial charge in [0.15, 0.2) is 5.15 Å². The number of nitriles is 1. The van der Waals surface area contributed by atoms with Gasteiger partial charge < -0.3 is 9.32 Å². The minimum Gasteiger partial charge on any atom is -0.467 e. The topological polar surface area (TPSA) is 53.1 Å². The highest BCUT2D eigenvalue weighted by Gasteiger charge is 2.32. The first-order valence-corrected chi connectivity index (χ1v) is 7.71. The highest BCUT2D eigenvalue weighted by atomic mass is 35.5. The summed E-state index contributed by atoms with van der Waals surface area (Å²) in [6.07, 6.45) is 3.79. The molecule has 0 radical (unpaired) electrons. The maximum Gasteiger partial charge on any atom is 0.162 e. The number of nitrogens with zero attached hydrogens (tertiary/aromatic N) is 3. The predicted molar refractivity (Wildman–Crippen MR) is 79.0 cm³/mol. The Morgan fingerprint density at radius 2 is 2.45 bits per heavy atom. The number of aromatic nitrogens is 1. The molecule has 4 nitrogen and oxygen atoms in total. The Hall–Kier alpha value is -1.51. The Morgan fingerprint density at radius 3 is 3.15 bits per heavy atom. The van der Waals surface area contributed by atoms with Crippen LogP contribution < -0.4 is 4.90 Å². The van der Waals surface area contributed by atoms with Gasteiger partial charge in [0.05, 0.1) is 12.3 Å². The largest absolute Gasteiger partial charge is 0.467 e. The molecular weight excluding hydrogens is 294 g/mol. The van der Waals surface area contributed by atoms with Crippen molar-refractivity contribution >= 4 is 28.1 Å². The molecule has 6 heteroatoms. The van der Waals surface area contributed by atoms with Crippen molar-refractivity contribution < 1.29 is 4.42 Å². The fourth-order valence-corrected chi connectivity index (χ4v) is 3.79. The average Bonchev–Trinajstić information content (AvgIpc) is 3.08. The van der Waals surface area contributed by atoms with E-state index < -0.39 is 0 Å². The Bertz CT molecular complexity index is 631. The van der Waals surface area contributed by atoms with Crippen LogP contribution in [0.5, 0.6) is 0 Å². The average molecular weight is 308 g/mol. The first-order chi connectivity index (χ1) is 9.70. The van der Waals surface area contributed by atoms with Gasteiger partial charge in [0.1, 0.15) is 22.4 Å². The monoisotopic (exact) mass is 307 g/mol. The van der Waals surface area contributed by atoms with Gasteiger partial charge in [-0.05, 0) is 42.4 Å². The summed E-state index contributed by atoms with van der Waals surface area (Å²) in [4.78, 5) is 2.21. The molecule has 2 unspecified atom stereocenters. The highest BCUT2D eigenvalue weighted by molar-refractivity contribution is 7.10. The second-order valence-electron chi connectivity index (χ2n) is 5.12. The Balaban J connectivity index is 1.99. The lowest BCUT2D eigenvalue weighted by Gasteiger charge is -2.38. The van der Waals surface area contributed by atoms with Crippen LogP contribution in [-0.4, -0.2) is 10.9 Å². The van der Waals surface area contributed by atoms with Crippen molar-refractivity contribution in [3.8, 4) is 6.07 Å². The second kappa shape index (κ2) is 5.47. The van der Waals surface area contributed by atoms with Crippen LogP contribution in [0.3, 0.4) is 0 Å². The fourth-order valence-electron chi connectivity index (χ4n) is 2.69. The van der Waals surface area contributed by atoms with Crippen molar-refractivity contribution in [2.24, 2.45) is 5.92 Å². The van der Waals surface area contributed by atoms with E-state index >= 15 is 0 Å². The molecule has 20 heavy (non-hydrogen) atoms. The Kier molecular flexibility index (Phi) is 3.68. The predicted octanol–water partition coefficient (Wildman–Crippen LogP) is 4.24. The van der Waals surface area contributed by atoms with E-state index in [2.05, 4.69) is 22.3 Å². The molecule has 0 aromatic carbocycles. The summed E-state index contributed by atoms with van der Waals surface area (Å²) in [6, 6.07) is 6.20. The van der Waals surface area contributed by atoms with E-state index in [1.807, 2.05) is 12.1 Å². The minimum atomic E-state index is 0.150. The maximum atomic E-state index is 9.27. The third-order valence-electron chi connectivity index (χ3n) is 3.74. The number of anilines is 1. The normalized spacial score (nSPS) is 22.8. The van der Waals surface area contributed by atoms with Crippen LogP contribution in [0.4, 0.5) is 5.00 Å². The van der Waals surface area contributed by atoms with E-state index in [-0.39, 0.29) is 6.04 Å². The quantitative estimate of drug-likeness (QED) is 0.832. The zero-order valence-electron chi connectivity index (χ0n) is 11.0. The number of piperidine rings is 1. The molecule has 3 heterocycles. The molecule has 0 N–H and O–H groups in total. The van der Waals surface area contributed by atoms with E-state index in [1.165, 1.54) is 11.5 Å². The van der Waals surface area contributed by atoms with Gasteiger partial charge in [-0.25, -0.2) is 0 Å². The summed E-state index contributed by atoms with van der Waals surface area (Å²) in [6.45, 7) is 3.14. The van der Waals surface area contributed by atoms with Gasteiger partial charge in [0, 0.05) is 6.54 Å². The zero-order chi connectivity index (χ0) is 14.1. The fraction of sp³-hybridized carbons (Fsp3) is 0.429. The van der Waals surface area contributed by atoms with E-state index in [0.29, 0.717) is 16.6 Å². The molecule has 1 aliphatic heterocycles. The summed E-state index contributed by atoms with van der Waals surface area (Å²) < 4.78 is 9.69. The molecule has 0 spiro atoms. The smallest absolute Gasteiger partial charge is 0.162 e. The molecule has 1 fully saturated rings. The second-order valence-corrected chi connectivity index (χ2v) is 6.23. The zero-order valence-corrected chi connectivity index (χ0v) is 12.6. The molecule has 3 rings (SSSR count). The molecular formula is C14H14ClN3OS. The van der Waals surface area contributed by atoms with E-state index in [0.717, 1.165) is 30.1 Å². The molecule has 2 aromatic heterocycles. The van der Waals surface area contributed by atoms with Gasteiger partial charge in [0.25, 0.3) is 0 Å². The van der Waals surface area contributed by atoms with Crippen LogP contribution in [0.1, 0.15) is 37.1 Å². The van der Waals surface area contributed by atoms with Gasteiger partial charge in [-0.15, -0.1) is 0 Å². The van der Waals surface area contributed by atoms with Crippen LogP contribution in [0.15, 0.2) is 22.8 Å². The van der Waals surface area contributed by atoms with Crippen molar-refractivity contribution in [2.75, 3.05) is 11.4 Å². The van der Waals surface area contributed by atoms with Crippen LogP contribution in [0.2, 0.25) is 5.15 Å². The van der Waals surface area contributed by atoms with E-state index in [9.17, 15) is 5.26 Å². The molecule has 0 amide bonds. The summed E-state index contributed by atoms with van der Waals surface area (Å²) in [7, 11) is 0. The standard InChI is InChI=1S/C14H14ClN3OS/c1-9-4-5-18(11(7-9)12-3-2-6-19-12)14-10(8-16)13(15)17-20-14/h2-3,6,9,11H,4-5,7H2,1H3. The lowest BCUT2D eigenvalue weighted by atomic mass is 9.91. The number of hydrogen-bond donors (Lipinski definition) is 0. The molecule has 2 aromatic rings. The third-order valence-corrected chi connectivity index (χ3v) is 5.00. The summed E-state index contributed by atoms with van der Waals surface area (Å²) in [5.41, 5.74) is 0.475. The molecule has 1 aliphatic rings. The van der Waals surface area contributed by atoms with E-state index in [1.54, 1.807) is 6.26 Å². The highest BCUT2D eigenvalue weighted by Crippen LogP contribution is 2.42. The molecule has 2 atom stereocenters. The minimum absolute atomic E-state index is 0.150. The van der Waals surface area contributed by atoms with Crippen LogP contribution >= 0.6 is 23.1 Å². The third kappa shape index (κ3) is 2.30. The number of halogens is 1. The first kappa shape index (κ1) is 13.5. The number of rotatable bonds is 2. The van der Waals surface area contributed by atoms with Crippen molar-refractivity contribution in [2.45, 2.75) is 25.8 Å². The van der Waals surface area contributed by atoms with Crippen molar-refractivity contribution in [3.63, 3.8) is 0 Å². The summed E-state index contributed by atoms with van der Waals surface area (Å²) in [5.74, 6) is 1.57. The molecule has 1 saturated heterocycles. The Labute approximate surface area is 126 Å². The number of hydrogen-bond acceptors (Lipinski definition) is 5. The molecule has 0 saturated carbocycles. The van der Waals surface area contributed by atoms with E-state index in [4.69, 9.17) is 16.0 Å². The van der Waals surface area contributed by atoms with Crippen molar-refractivity contribution in [1.29, 1.82) is 5.26 Å². The molecule has 0 aliphatic carbocycles. The molecule has 104 valence electrons. The first-order valence-electron chi connectivity index (χ1n) is 6.56. The SMILES string of the molecule is CC1CCN(c2snc(Cl)c2C#N)C(c2ccco2)C1. The van der Waals surface area contributed by atoms with Crippen LogP contribution in [0, 0.1) is 17.2 Å². The summed E-state index contributed by atoms with van der Waals surface area (Å²) in [5, 5.41) is 10.4. The van der Waals surface area contributed by atoms with Gasteiger partial charge in [-0.1, -0.05) is 18.5 Å². The number of furan rings is 1. The lowest BCUT2D eigenvalue weighted by molar-refractivity contribution is 0.329. The summed E-state index contributed by atoms with van der Waals surface area (Å²) >= 11 is 7.28. The molecule has 0 bridgehead atoms.